The first-order valence-electron chi connectivity index (χ1n) is 7.88. The molecule has 1 heterocycles. The number of rotatable bonds is 3. The number of carbonyl (C=O) groups is 1. The van der Waals surface area contributed by atoms with E-state index in [-0.39, 0.29) is 11.6 Å². The highest BCUT2D eigenvalue weighted by Crippen LogP contribution is 2.18. The summed E-state index contributed by atoms with van der Waals surface area (Å²) in [6.07, 6.45) is 0.326. The molecule has 0 bridgehead atoms. The Balaban J connectivity index is 1.81. The number of anilines is 1. The third kappa shape index (κ3) is 2.85. The van der Waals surface area contributed by atoms with Crippen LogP contribution >= 0.6 is 0 Å². The van der Waals surface area contributed by atoms with Crippen LogP contribution in [0.25, 0.3) is 11.0 Å². The normalized spacial score (nSPS) is 11.0. The molecule has 24 heavy (non-hydrogen) atoms. The molecule has 3 rings (SSSR count). The maximum absolute atomic E-state index is 12.3. The van der Waals surface area contributed by atoms with Gasteiger partial charge in [0.2, 0.25) is 5.91 Å². The van der Waals surface area contributed by atoms with Crippen molar-refractivity contribution in [2.75, 3.05) is 5.32 Å². The van der Waals surface area contributed by atoms with Crippen LogP contribution in [0.2, 0.25) is 0 Å². The number of nitrogens with zero attached hydrogens (tertiary/aromatic N) is 2. The van der Waals surface area contributed by atoms with Gasteiger partial charge in [0, 0.05) is 19.8 Å². The lowest BCUT2D eigenvalue weighted by atomic mass is 10.0. The Morgan fingerprint density at radius 2 is 1.67 bits per heavy atom. The molecule has 5 heteroatoms. The Bertz CT molecular complexity index is 996. The van der Waals surface area contributed by atoms with Gasteiger partial charge in [0.1, 0.15) is 0 Å². The standard InChI is InChI=1S/C19H21N3O2/c1-12-5-6-14(9-13(12)2)10-18(23)20-15-7-8-16-17(11-15)22(4)19(24)21(16)3/h5-9,11H,10H2,1-4H3,(H,20,23). The SMILES string of the molecule is Cc1ccc(CC(=O)Nc2ccc3c(c2)n(C)c(=O)n3C)cc1C. The molecule has 0 saturated heterocycles. The van der Waals surface area contributed by atoms with Crippen molar-refractivity contribution in [3.05, 3.63) is 63.6 Å². The van der Waals surface area contributed by atoms with Gasteiger partial charge in [-0.25, -0.2) is 4.79 Å². The van der Waals surface area contributed by atoms with Crippen molar-refractivity contribution in [3.8, 4) is 0 Å². The first-order chi connectivity index (χ1) is 11.4. The number of fused-ring (bicyclic) bond motifs is 1. The zero-order valence-electron chi connectivity index (χ0n) is 14.4. The molecule has 3 aromatic rings. The number of imidazole rings is 1. The Morgan fingerprint density at radius 1 is 0.958 bits per heavy atom. The molecule has 0 radical (unpaired) electrons. The van der Waals surface area contributed by atoms with Crippen LogP contribution in [-0.2, 0) is 25.3 Å². The molecule has 1 aromatic heterocycles. The molecule has 0 fully saturated rings. The highest BCUT2D eigenvalue weighted by atomic mass is 16.2. The number of nitrogens with one attached hydrogen (secondary N) is 1. The topological polar surface area (TPSA) is 56.0 Å². The second-order valence-corrected chi connectivity index (χ2v) is 6.25. The van der Waals surface area contributed by atoms with Crippen molar-refractivity contribution in [3.63, 3.8) is 0 Å². The quantitative estimate of drug-likeness (QED) is 0.806. The number of hydrogen-bond acceptors (Lipinski definition) is 2. The first kappa shape index (κ1) is 16.1. The summed E-state index contributed by atoms with van der Waals surface area (Å²) in [5.41, 5.74) is 5.64. The van der Waals surface area contributed by atoms with E-state index in [0.717, 1.165) is 16.6 Å². The Morgan fingerprint density at radius 3 is 2.38 bits per heavy atom. The zero-order valence-corrected chi connectivity index (χ0v) is 14.4. The summed E-state index contributed by atoms with van der Waals surface area (Å²) >= 11 is 0. The van der Waals surface area contributed by atoms with E-state index in [0.29, 0.717) is 12.1 Å². The lowest BCUT2D eigenvalue weighted by Gasteiger charge is -2.08. The van der Waals surface area contributed by atoms with E-state index >= 15 is 0 Å². The van der Waals surface area contributed by atoms with Crippen LogP contribution in [0.4, 0.5) is 5.69 Å². The second kappa shape index (κ2) is 6.00. The minimum Gasteiger partial charge on any atom is -0.326 e. The average Bonchev–Trinajstić information content (AvgIpc) is 2.75. The maximum atomic E-state index is 12.3. The molecular weight excluding hydrogens is 302 g/mol. The lowest BCUT2D eigenvalue weighted by Crippen LogP contribution is -2.19. The van der Waals surface area contributed by atoms with Crippen molar-refractivity contribution >= 4 is 22.6 Å². The molecule has 0 aliphatic heterocycles. The smallest absolute Gasteiger partial charge is 0.326 e. The fourth-order valence-electron chi connectivity index (χ4n) is 2.89. The summed E-state index contributed by atoms with van der Waals surface area (Å²) in [6.45, 7) is 4.10. The summed E-state index contributed by atoms with van der Waals surface area (Å²) in [5, 5.41) is 2.91. The molecule has 1 amide bonds. The Hall–Kier alpha value is -2.82. The molecular formula is C19H21N3O2. The van der Waals surface area contributed by atoms with Crippen molar-refractivity contribution in [1.82, 2.24) is 9.13 Å². The van der Waals surface area contributed by atoms with E-state index in [1.807, 2.05) is 43.3 Å². The van der Waals surface area contributed by atoms with E-state index in [1.54, 1.807) is 23.2 Å². The second-order valence-electron chi connectivity index (χ2n) is 6.25. The van der Waals surface area contributed by atoms with E-state index < -0.39 is 0 Å². The molecule has 0 saturated carbocycles. The van der Waals surface area contributed by atoms with E-state index in [2.05, 4.69) is 12.2 Å². The van der Waals surface area contributed by atoms with Gasteiger partial charge in [-0.05, 0) is 48.7 Å². The van der Waals surface area contributed by atoms with Crippen molar-refractivity contribution in [1.29, 1.82) is 0 Å². The van der Waals surface area contributed by atoms with Crippen LogP contribution in [0.15, 0.2) is 41.2 Å². The number of hydrogen-bond donors (Lipinski definition) is 1. The van der Waals surface area contributed by atoms with E-state index in [1.165, 1.54) is 11.1 Å². The molecule has 0 spiro atoms. The first-order valence-corrected chi connectivity index (χ1v) is 7.88. The van der Waals surface area contributed by atoms with Gasteiger partial charge in [0.25, 0.3) is 0 Å². The monoisotopic (exact) mass is 323 g/mol. The number of aromatic nitrogens is 2. The Labute approximate surface area is 140 Å². The van der Waals surface area contributed by atoms with Crippen LogP contribution in [0.1, 0.15) is 16.7 Å². The van der Waals surface area contributed by atoms with Crippen LogP contribution in [0.5, 0.6) is 0 Å². The predicted molar refractivity (Wildman–Crippen MR) is 96.4 cm³/mol. The van der Waals surface area contributed by atoms with Crippen LogP contribution in [0.3, 0.4) is 0 Å². The highest BCUT2D eigenvalue weighted by Gasteiger charge is 2.10. The van der Waals surface area contributed by atoms with E-state index in [4.69, 9.17) is 0 Å². The van der Waals surface area contributed by atoms with Gasteiger partial charge in [-0.3, -0.25) is 13.9 Å². The van der Waals surface area contributed by atoms with Crippen molar-refractivity contribution in [2.45, 2.75) is 20.3 Å². The summed E-state index contributed by atoms with van der Waals surface area (Å²) in [4.78, 5) is 24.2. The fourth-order valence-corrected chi connectivity index (χ4v) is 2.89. The Kier molecular flexibility index (Phi) is 4.01. The van der Waals surface area contributed by atoms with Gasteiger partial charge in [0.15, 0.2) is 0 Å². The lowest BCUT2D eigenvalue weighted by molar-refractivity contribution is -0.115. The number of carbonyl (C=O) groups excluding carboxylic acids is 1. The molecule has 2 aromatic carbocycles. The number of aryl methyl sites for hydroxylation is 4. The summed E-state index contributed by atoms with van der Waals surface area (Å²) in [7, 11) is 3.47. The van der Waals surface area contributed by atoms with Gasteiger partial charge in [0.05, 0.1) is 17.5 Å². The molecule has 0 aliphatic carbocycles. The molecule has 0 atom stereocenters. The maximum Gasteiger partial charge on any atom is 0.328 e. The summed E-state index contributed by atoms with van der Waals surface area (Å²) < 4.78 is 3.17. The summed E-state index contributed by atoms with van der Waals surface area (Å²) in [5.74, 6) is -0.0708. The highest BCUT2D eigenvalue weighted by molar-refractivity contribution is 5.94. The molecule has 1 N–H and O–H groups in total. The van der Waals surface area contributed by atoms with Gasteiger partial charge in [-0.1, -0.05) is 18.2 Å². The molecule has 124 valence electrons. The van der Waals surface area contributed by atoms with Gasteiger partial charge in [-0.2, -0.15) is 0 Å². The number of amides is 1. The van der Waals surface area contributed by atoms with Crippen LogP contribution in [0, 0.1) is 13.8 Å². The number of benzene rings is 2. The van der Waals surface area contributed by atoms with E-state index in [9.17, 15) is 9.59 Å². The van der Waals surface area contributed by atoms with Crippen LogP contribution in [-0.4, -0.2) is 15.0 Å². The minimum atomic E-state index is -0.0800. The zero-order chi connectivity index (χ0) is 17.4. The fraction of sp³-hybridized carbons (Fsp3) is 0.263. The predicted octanol–water partition coefficient (Wildman–Crippen LogP) is 2.68. The average molecular weight is 323 g/mol. The van der Waals surface area contributed by atoms with Crippen LogP contribution < -0.4 is 11.0 Å². The van der Waals surface area contributed by atoms with Gasteiger partial charge in [-0.15, -0.1) is 0 Å². The third-order valence-electron chi connectivity index (χ3n) is 4.49. The van der Waals surface area contributed by atoms with Crippen molar-refractivity contribution in [2.24, 2.45) is 14.1 Å². The molecule has 5 nitrogen and oxygen atoms in total. The van der Waals surface area contributed by atoms with Gasteiger partial charge >= 0.3 is 5.69 Å². The molecule has 0 unspecified atom stereocenters. The largest absolute Gasteiger partial charge is 0.328 e. The van der Waals surface area contributed by atoms with Crippen molar-refractivity contribution < 1.29 is 4.79 Å². The molecule has 0 aliphatic rings. The minimum absolute atomic E-state index is 0.0708. The third-order valence-corrected chi connectivity index (χ3v) is 4.49. The summed E-state index contributed by atoms with van der Waals surface area (Å²) in [6, 6.07) is 11.5. The van der Waals surface area contributed by atoms with Gasteiger partial charge < -0.3 is 5.32 Å².